The molecule has 22 heavy (non-hydrogen) atoms. The minimum absolute atomic E-state index is 0.0509. The summed E-state index contributed by atoms with van der Waals surface area (Å²) in [6, 6.07) is 5.60. The molecule has 2 fully saturated rings. The lowest BCUT2D eigenvalue weighted by molar-refractivity contribution is 0.0569. The first-order valence-electron chi connectivity index (χ1n) is 7.69. The Labute approximate surface area is 136 Å². The number of sulfone groups is 1. The zero-order valence-electron chi connectivity index (χ0n) is 12.4. The smallest absolute Gasteiger partial charge is 0.151 e. The van der Waals surface area contributed by atoms with E-state index in [9.17, 15) is 8.42 Å². The summed E-state index contributed by atoms with van der Waals surface area (Å²) in [7, 11) is -2.90. The van der Waals surface area contributed by atoms with Gasteiger partial charge in [0, 0.05) is 25.7 Å². The van der Waals surface area contributed by atoms with Crippen molar-refractivity contribution in [3.8, 4) is 0 Å². The number of halogens is 1. The van der Waals surface area contributed by atoms with Crippen molar-refractivity contribution in [1.82, 2.24) is 9.88 Å². The highest BCUT2D eigenvalue weighted by Gasteiger charge is 2.34. The van der Waals surface area contributed by atoms with E-state index in [0.29, 0.717) is 18.1 Å². The average Bonchev–Trinajstić information content (AvgIpc) is 3.07. The third-order valence-corrected chi connectivity index (χ3v) is 6.29. The third kappa shape index (κ3) is 4.19. The number of pyridine rings is 1. The Balaban J connectivity index is 1.73. The molecule has 0 spiro atoms. The van der Waals surface area contributed by atoms with Crippen molar-refractivity contribution in [3.05, 3.63) is 29.0 Å². The molecule has 2 aliphatic rings. The molecule has 0 bridgehead atoms. The van der Waals surface area contributed by atoms with Gasteiger partial charge in [0.2, 0.25) is 0 Å². The molecule has 122 valence electrons. The fourth-order valence-electron chi connectivity index (χ4n) is 3.20. The number of aromatic nitrogens is 1. The van der Waals surface area contributed by atoms with Gasteiger partial charge in [0.15, 0.2) is 9.84 Å². The standard InChI is InChI=1S/C15H21ClN2O3S/c16-15-5-1-3-12(17-15)9-18(10-14-4-2-7-21-14)13-6-8-22(19,20)11-13/h1,3,5,13-14H,2,4,6-11H2/t13-,14+/m0/s1. The van der Waals surface area contributed by atoms with Crippen molar-refractivity contribution in [2.75, 3.05) is 24.7 Å². The molecule has 1 aromatic rings. The first-order chi connectivity index (χ1) is 10.5. The van der Waals surface area contributed by atoms with Crippen LogP contribution in [-0.2, 0) is 21.1 Å². The van der Waals surface area contributed by atoms with Crippen LogP contribution < -0.4 is 0 Å². The molecule has 0 saturated carbocycles. The monoisotopic (exact) mass is 344 g/mol. The van der Waals surface area contributed by atoms with Crippen LogP contribution in [0.1, 0.15) is 25.0 Å². The molecule has 0 unspecified atom stereocenters. The van der Waals surface area contributed by atoms with E-state index in [1.807, 2.05) is 12.1 Å². The third-order valence-electron chi connectivity index (χ3n) is 4.32. The first kappa shape index (κ1) is 16.2. The van der Waals surface area contributed by atoms with E-state index in [1.165, 1.54) is 0 Å². The summed E-state index contributed by atoms with van der Waals surface area (Å²) in [5.41, 5.74) is 0.870. The molecular weight excluding hydrogens is 324 g/mol. The molecule has 2 saturated heterocycles. The van der Waals surface area contributed by atoms with Crippen LogP contribution in [0, 0.1) is 0 Å². The van der Waals surface area contributed by atoms with Gasteiger partial charge < -0.3 is 4.74 Å². The van der Waals surface area contributed by atoms with Gasteiger partial charge in [-0.05, 0) is 31.4 Å². The molecule has 0 N–H and O–H groups in total. The highest BCUT2D eigenvalue weighted by molar-refractivity contribution is 7.91. The van der Waals surface area contributed by atoms with Crippen LogP contribution in [0.2, 0.25) is 5.15 Å². The Morgan fingerprint density at radius 2 is 2.23 bits per heavy atom. The minimum atomic E-state index is -2.90. The Bertz CT molecular complexity index is 617. The zero-order chi connectivity index (χ0) is 15.6. The Morgan fingerprint density at radius 3 is 2.86 bits per heavy atom. The lowest BCUT2D eigenvalue weighted by Gasteiger charge is -2.30. The zero-order valence-corrected chi connectivity index (χ0v) is 14.0. The maximum absolute atomic E-state index is 11.8. The molecule has 0 amide bonds. The van der Waals surface area contributed by atoms with E-state index < -0.39 is 9.84 Å². The molecule has 1 aromatic heterocycles. The number of nitrogens with zero attached hydrogens (tertiary/aromatic N) is 2. The molecule has 2 aliphatic heterocycles. The fourth-order valence-corrected chi connectivity index (χ4v) is 5.15. The van der Waals surface area contributed by atoms with Gasteiger partial charge in [-0.2, -0.15) is 0 Å². The van der Waals surface area contributed by atoms with Crippen LogP contribution in [0.15, 0.2) is 18.2 Å². The summed E-state index contributed by atoms with van der Waals surface area (Å²) in [4.78, 5) is 6.54. The summed E-state index contributed by atoms with van der Waals surface area (Å²) in [5.74, 6) is 0.517. The Morgan fingerprint density at radius 1 is 1.36 bits per heavy atom. The van der Waals surface area contributed by atoms with Gasteiger partial charge in [-0.25, -0.2) is 13.4 Å². The Hall–Kier alpha value is -0.690. The summed E-state index contributed by atoms with van der Waals surface area (Å²) in [6.07, 6.45) is 3.01. The van der Waals surface area contributed by atoms with Gasteiger partial charge in [0.05, 0.1) is 23.3 Å². The molecule has 7 heteroatoms. The summed E-state index contributed by atoms with van der Waals surface area (Å²) < 4.78 is 29.3. The molecule has 2 atom stereocenters. The number of hydrogen-bond acceptors (Lipinski definition) is 5. The van der Waals surface area contributed by atoms with Crippen molar-refractivity contribution >= 4 is 21.4 Å². The lowest BCUT2D eigenvalue weighted by atomic mass is 10.1. The molecule has 0 radical (unpaired) electrons. The topological polar surface area (TPSA) is 59.5 Å². The van der Waals surface area contributed by atoms with Gasteiger partial charge in [-0.15, -0.1) is 0 Å². The van der Waals surface area contributed by atoms with Crippen molar-refractivity contribution in [3.63, 3.8) is 0 Å². The molecule has 0 aromatic carbocycles. The number of ether oxygens (including phenoxy) is 1. The normalized spacial score (nSPS) is 27.5. The van der Waals surface area contributed by atoms with Gasteiger partial charge >= 0.3 is 0 Å². The van der Waals surface area contributed by atoms with E-state index in [0.717, 1.165) is 31.7 Å². The van der Waals surface area contributed by atoms with Gasteiger partial charge in [-0.1, -0.05) is 17.7 Å². The lowest BCUT2D eigenvalue weighted by Crippen LogP contribution is -2.40. The summed E-state index contributed by atoms with van der Waals surface area (Å²) in [5, 5.41) is 0.466. The van der Waals surface area contributed by atoms with Crippen molar-refractivity contribution in [2.45, 2.75) is 38.0 Å². The van der Waals surface area contributed by atoms with E-state index in [2.05, 4.69) is 9.88 Å². The fraction of sp³-hybridized carbons (Fsp3) is 0.667. The molecular formula is C15H21ClN2O3S. The molecule has 5 nitrogen and oxygen atoms in total. The second-order valence-corrected chi connectivity index (χ2v) is 8.69. The highest BCUT2D eigenvalue weighted by Crippen LogP contribution is 2.23. The predicted octanol–water partition coefficient (Wildman–Crippen LogP) is 1.90. The second-order valence-electron chi connectivity index (χ2n) is 6.07. The van der Waals surface area contributed by atoms with Crippen LogP contribution in [-0.4, -0.2) is 55.1 Å². The first-order valence-corrected chi connectivity index (χ1v) is 9.89. The van der Waals surface area contributed by atoms with Crippen LogP contribution in [0.25, 0.3) is 0 Å². The van der Waals surface area contributed by atoms with Crippen molar-refractivity contribution in [1.29, 1.82) is 0 Å². The van der Waals surface area contributed by atoms with E-state index in [-0.39, 0.29) is 23.7 Å². The maximum atomic E-state index is 11.8. The van der Waals surface area contributed by atoms with Crippen molar-refractivity contribution in [2.24, 2.45) is 0 Å². The SMILES string of the molecule is O=S1(=O)CC[C@H](N(Cc2cccc(Cl)n2)C[C@H]2CCCO2)C1. The minimum Gasteiger partial charge on any atom is -0.377 e. The predicted molar refractivity (Wildman–Crippen MR) is 85.7 cm³/mol. The van der Waals surface area contributed by atoms with Crippen LogP contribution >= 0.6 is 11.6 Å². The van der Waals surface area contributed by atoms with E-state index >= 15 is 0 Å². The van der Waals surface area contributed by atoms with Gasteiger partial charge in [0.25, 0.3) is 0 Å². The van der Waals surface area contributed by atoms with Crippen LogP contribution in [0.4, 0.5) is 0 Å². The van der Waals surface area contributed by atoms with E-state index in [1.54, 1.807) is 6.07 Å². The Kier molecular flexibility index (Phi) is 5.02. The van der Waals surface area contributed by atoms with E-state index in [4.69, 9.17) is 16.3 Å². The summed E-state index contributed by atoms with van der Waals surface area (Å²) >= 11 is 5.95. The van der Waals surface area contributed by atoms with Crippen LogP contribution in [0.5, 0.6) is 0 Å². The second kappa shape index (κ2) is 6.83. The van der Waals surface area contributed by atoms with Crippen molar-refractivity contribution < 1.29 is 13.2 Å². The number of hydrogen-bond donors (Lipinski definition) is 0. The highest BCUT2D eigenvalue weighted by atomic mass is 35.5. The maximum Gasteiger partial charge on any atom is 0.151 e. The van der Waals surface area contributed by atoms with Gasteiger partial charge in [0.1, 0.15) is 5.15 Å². The number of rotatable bonds is 5. The quantitative estimate of drug-likeness (QED) is 0.763. The summed E-state index contributed by atoms with van der Waals surface area (Å²) in [6.45, 7) is 2.17. The average molecular weight is 345 g/mol. The largest absolute Gasteiger partial charge is 0.377 e. The molecule has 3 heterocycles. The van der Waals surface area contributed by atoms with Crippen LogP contribution in [0.3, 0.4) is 0 Å². The molecule has 3 rings (SSSR count). The van der Waals surface area contributed by atoms with Gasteiger partial charge in [-0.3, -0.25) is 4.90 Å². The molecule has 0 aliphatic carbocycles.